The molecular formula is C14H14BrClFN3. The SMILES string of the molecule is CCCc1nc(-c2cccc(Cl)c2F)nc(NC)c1Br. The number of aryl methyl sites for hydroxylation is 1. The zero-order valence-corrected chi connectivity index (χ0v) is 13.5. The Morgan fingerprint density at radius 1 is 1.35 bits per heavy atom. The van der Waals surface area contributed by atoms with Crippen molar-refractivity contribution in [2.45, 2.75) is 19.8 Å². The zero-order valence-electron chi connectivity index (χ0n) is 11.2. The largest absolute Gasteiger partial charge is 0.372 e. The van der Waals surface area contributed by atoms with Crippen molar-refractivity contribution >= 4 is 33.3 Å². The summed E-state index contributed by atoms with van der Waals surface area (Å²) in [5.41, 5.74) is 1.15. The van der Waals surface area contributed by atoms with Gasteiger partial charge in [-0.25, -0.2) is 14.4 Å². The van der Waals surface area contributed by atoms with Gasteiger partial charge in [-0.15, -0.1) is 0 Å². The number of nitrogens with one attached hydrogen (secondary N) is 1. The third kappa shape index (κ3) is 2.94. The molecule has 0 unspecified atom stereocenters. The van der Waals surface area contributed by atoms with Crippen LogP contribution < -0.4 is 5.32 Å². The van der Waals surface area contributed by atoms with Gasteiger partial charge in [-0.05, 0) is 34.5 Å². The molecule has 2 aromatic rings. The molecule has 0 fully saturated rings. The van der Waals surface area contributed by atoms with Crippen LogP contribution in [-0.2, 0) is 6.42 Å². The lowest BCUT2D eigenvalue weighted by atomic mass is 10.1. The maximum Gasteiger partial charge on any atom is 0.164 e. The molecule has 6 heteroatoms. The van der Waals surface area contributed by atoms with Gasteiger partial charge in [0.15, 0.2) is 11.6 Å². The minimum Gasteiger partial charge on any atom is -0.372 e. The lowest BCUT2D eigenvalue weighted by molar-refractivity contribution is 0.630. The van der Waals surface area contributed by atoms with E-state index in [0.29, 0.717) is 17.2 Å². The van der Waals surface area contributed by atoms with Gasteiger partial charge >= 0.3 is 0 Å². The standard InChI is InChI=1S/C14H14BrClFN3/c1-3-5-10-11(15)14(18-2)20-13(19-10)8-6-4-7-9(16)12(8)17/h4,6-7H,3,5H2,1-2H3,(H,18,19,20). The van der Waals surface area contributed by atoms with E-state index in [2.05, 4.69) is 38.1 Å². The van der Waals surface area contributed by atoms with Gasteiger partial charge < -0.3 is 5.32 Å². The number of benzene rings is 1. The van der Waals surface area contributed by atoms with Crippen molar-refractivity contribution in [1.82, 2.24) is 9.97 Å². The topological polar surface area (TPSA) is 37.8 Å². The van der Waals surface area contributed by atoms with Crippen LogP contribution >= 0.6 is 27.5 Å². The first kappa shape index (κ1) is 15.2. The minimum absolute atomic E-state index is 0.0667. The zero-order chi connectivity index (χ0) is 14.7. The van der Waals surface area contributed by atoms with E-state index >= 15 is 0 Å². The Morgan fingerprint density at radius 2 is 2.10 bits per heavy atom. The number of rotatable bonds is 4. The van der Waals surface area contributed by atoms with Gasteiger partial charge in [0, 0.05) is 7.05 Å². The van der Waals surface area contributed by atoms with E-state index in [1.807, 2.05) is 0 Å². The molecule has 0 aliphatic carbocycles. The highest BCUT2D eigenvalue weighted by molar-refractivity contribution is 9.10. The van der Waals surface area contributed by atoms with Gasteiger partial charge in [0.1, 0.15) is 5.82 Å². The molecule has 0 spiro atoms. The lowest BCUT2D eigenvalue weighted by Crippen LogP contribution is -2.04. The van der Waals surface area contributed by atoms with Crippen LogP contribution in [0.25, 0.3) is 11.4 Å². The average molecular weight is 359 g/mol. The summed E-state index contributed by atoms with van der Waals surface area (Å²) in [4.78, 5) is 8.78. The Balaban J connectivity index is 2.62. The molecule has 1 N–H and O–H groups in total. The first-order valence-corrected chi connectivity index (χ1v) is 7.44. The predicted molar refractivity (Wildman–Crippen MR) is 83.7 cm³/mol. The summed E-state index contributed by atoms with van der Waals surface area (Å²) in [5, 5.41) is 3.05. The van der Waals surface area contributed by atoms with E-state index in [1.54, 1.807) is 19.2 Å². The van der Waals surface area contributed by atoms with Crippen molar-refractivity contribution in [2.75, 3.05) is 12.4 Å². The van der Waals surface area contributed by atoms with Crippen LogP contribution in [0.15, 0.2) is 22.7 Å². The van der Waals surface area contributed by atoms with Gasteiger partial charge in [0.25, 0.3) is 0 Å². The maximum absolute atomic E-state index is 14.1. The molecule has 2 rings (SSSR count). The summed E-state index contributed by atoms with van der Waals surface area (Å²) in [6.45, 7) is 2.06. The third-order valence-corrected chi connectivity index (χ3v) is 3.96. The molecule has 1 heterocycles. The number of halogens is 3. The highest BCUT2D eigenvalue weighted by Crippen LogP contribution is 2.30. The normalized spacial score (nSPS) is 10.7. The van der Waals surface area contributed by atoms with Crippen LogP contribution in [0.1, 0.15) is 19.0 Å². The molecule has 0 saturated carbocycles. The van der Waals surface area contributed by atoms with E-state index in [0.717, 1.165) is 23.0 Å². The third-order valence-electron chi connectivity index (χ3n) is 2.84. The van der Waals surface area contributed by atoms with Crippen molar-refractivity contribution < 1.29 is 4.39 Å². The molecule has 1 aromatic carbocycles. The van der Waals surface area contributed by atoms with Gasteiger partial charge in [-0.3, -0.25) is 0 Å². The first-order valence-electron chi connectivity index (χ1n) is 6.27. The smallest absolute Gasteiger partial charge is 0.164 e. The van der Waals surface area contributed by atoms with E-state index in [4.69, 9.17) is 11.6 Å². The summed E-state index contributed by atoms with van der Waals surface area (Å²) in [5.74, 6) is 0.472. The second-order valence-electron chi connectivity index (χ2n) is 4.26. The number of nitrogens with zero attached hydrogens (tertiary/aromatic N) is 2. The fraction of sp³-hybridized carbons (Fsp3) is 0.286. The average Bonchev–Trinajstić information content (AvgIpc) is 2.44. The molecular weight excluding hydrogens is 345 g/mol. The second-order valence-corrected chi connectivity index (χ2v) is 5.46. The highest BCUT2D eigenvalue weighted by atomic mass is 79.9. The molecule has 1 aromatic heterocycles. The minimum atomic E-state index is -0.499. The lowest BCUT2D eigenvalue weighted by Gasteiger charge is -2.11. The van der Waals surface area contributed by atoms with Gasteiger partial charge in [-0.1, -0.05) is 31.0 Å². The Hall–Kier alpha value is -1.20. The molecule has 0 aliphatic heterocycles. The predicted octanol–water partition coefficient (Wildman–Crippen LogP) is 4.69. The van der Waals surface area contributed by atoms with Crippen LogP contribution in [0.3, 0.4) is 0 Å². The molecule has 0 atom stereocenters. The van der Waals surface area contributed by atoms with Crippen LogP contribution in [-0.4, -0.2) is 17.0 Å². The number of anilines is 1. The van der Waals surface area contributed by atoms with Crippen molar-refractivity contribution in [2.24, 2.45) is 0 Å². The molecule has 20 heavy (non-hydrogen) atoms. The van der Waals surface area contributed by atoms with Crippen molar-refractivity contribution in [3.63, 3.8) is 0 Å². The summed E-state index contributed by atoms with van der Waals surface area (Å²) in [6, 6.07) is 4.81. The molecule has 0 bridgehead atoms. The number of hydrogen-bond acceptors (Lipinski definition) is 3. The molecule has 106 valence electrons. The first-order chi connectivity index (χ1) is 9.58. The van der Waals surface area contributed by atoms with Crippen LogP contribution in [0.2, 0.25) is 5.02 Å². The monoisotopic (exact) mass is 357 g/mol. The van der Waals surface area contributed by atoms with Crippen LogP contribution in [0.5, 0.6) is 0 Å². The van der Waals surface area contributed by atoms with Crippen molar-refractivity contribution in [3.8, 4) is 11.4 Å². The molecule has 3 nitrogen and oxygen atoms in total. The summed E-state index contributed by atoms with van der Waals surface area (Å²) >= 11 is 9.29. The Bertz CT molecular complexity index is 634. The van der Waals surface area contributed by atoms with Crippen LogP contribution in [0, 0.1) is 5.82 Å². The summed E-state index contributed by atoms with van der Waals surface area (Å²) in [7, 11) is 1.76. The van der Waals surface area contributed by atoms with E-state index in [9.17, 15) is 4.39 Å². The van der Waals surface area contributed by atoms with Crippen molar-refractivity contribution in [3.05, 3.63) is 39.2 Å². The number of hydrogen-bond donors (Lipinski definition) is 1. The second kappa shape index (κ2) is 6.50. The fourth-order valence-electron chi connectivity index (χ4n) is 1.86. The van der Waals surface area contributed by atoms with E-state index in [1.165, 1.54) is 6.07 Å². The Labute approximate surface area is 130 Å². The Morgan fingerprint density at radius 3 is 2.75 bits per heavy atom. The molecule has 0 amide bonds. The fourth-order valence-corrected chi connectivity index (χ4v) is 2.61. The highest BCUT2D eigenvalue weighted by Gasteiger charge is 2.16. The van der Waals surface area contributed by atoms with Crippen LogP contribution in [0.4, 0.5) is 10.2 Å². The summed E-state index contributed by atoms with van der Waals surface area (Å²) in [6.07, 6.45) is 1.73. The maximum atomic E-state index is 14.1. The molecule has 0 radical (unpaired) electrons. The van der Waals surface area contributed by atoms with Crippen molar-refractivity contribution in [1.29, 1.82) is 0 Å². The van der Waals surface area contributed by atoms with Gasteiger partial charge in [0.2, 0.25) is 0 Å². The van der Waals surface area contributed by atoms with Gasteiger partial charge in [0.05, 0.1) is 20.8 Å². The molecule has 0 aliphatic rings. The number of aromatic nitrogens is 2. The van der Waals surface area contributed by atoms with Gasteiger partial charge in [-0.2, -0.15) is 0 Å². The molecule has 0 saturated heterocycles. The van der Waals surface area contributed by atoms with E-state index < -0.39 is 5.82 Å². The quantitative estimate of drug-likeness (QED) is 0.861. The summed E-state index contributed by atoms with van der Waals surface area (Å²) < 4.78 is 14.9. The Kier molecular flexibility index (Phi) is 4.94. The van der Waals surface area contributed by atoms with E-state index in [-0.39, 0.29) is 5.02 Å².